The summed E-state index contributed by atoms with van der Waals surface area (Å²) in [4.78, 5) is 20.7. The minimum absolute atomic E-state index is 0.0453. The van der Waals surface area contributed by atoms with Crippen LogP contribution in [0.5, 0.6) is 0 Å². The van der Waals surface area contributed by atoms with E-state index in [4.69, 9.17) is 0 Å². The van der Waals surface area contributed by atoms with Crippen LogP contribution in [0, 0.1) is 0 Å². The van der Waals surface area contributed by atoms with Crippen molar-refractivity contribution in [2.45, 2.75) is 32.0 Å². The zero-order chi connectivity index (χ0) is 15.5. The van der Waals surface area contributed by atoms with Gasteiger partial charge in [0.15, 0.2) is 5.82 Å². The molecule has 0 bridgehead atoms. The van der Waals surface area contributed by atoms with Crippen LogP contribution in [-0.4, -0.2) is 50.7 Å². The lowest BCUT2D eigenvalue weighted by Crippen LogP contribution is -2.36. The molecule has 3 rings (SSSR count). The molecule has 0 aromatic carbocycles. The number of anilines is 1. The first kappa shape index (κ1) is 15.1. The fourth-order valence-electron chi connectivity index (χ4n) is 2.71. The predicted molar refractivity (Wildman–Crippen MR) is 86.2 cm³/mol. The standard InChI is InChI=1S/C14H20N6OS/c1-18(2)14-16-12(17-22-14)10-19-8-4-5-11(19)9-20-13(21)6-3-7-15-20/h3,6-7,11H,4-5,8-10H2,1-2H3. The Morgan fingerprint density at radius 2 is 2.32 bits per heavy atom. The van der Waals surface area contributed by atoms with E-state index in [1.165, 1.54) is 11.5 Å². The molecule has 0 N–H and O–H groups in total. The Kier molecular flexibility index (Phi) is 4.49. The van der Waals surface area contributed by atoms with Crippen LogP contribution in [-0.2, 0) is 13.1 Å². The predicted octanol–water partition coefficient (Wildman–Crippen LogP) is 0.825. The summed E-state index contributed by atoms with van der Waals surface area (Å²) in [6, 6.07) is 3.55. The molecule has 22 heavy (non-hydrogen) atoms. The van der Waals surface area contributed by atoms with E-state index in [1.54, 1.807) is 23.0 Å². The Labute approximate surface area is 133 Å². The Hall–Kier alpha value is -1.80. The molecule has 1 saturated heterocycles. The zero-order valence-corrected chi connectivity index (χ0v) is 13.7. The van der Waals surface area contributed by atoms with Crippen LogP contribution in [0.4, 0.5) is 5.13 Å². The van der Waals surface area contributed by atoms with Gasteiger partial charge in [0.1, 0.15) is 0 Å². The van der Waals surface area contributed by atoms with E-state index in [9.17, 15) is 4.79 Å². The molecule has 1 fully saturated rings. The Morgan fingerprint density at radius 1 is 1.45 bits per heavy atom. The quantitative estimate of drug-likeness (QED) is 0.813. The van der Waals surface area contributed by atoms with Crippen LogP contribution in [0.3, 0.4) is 0 Å². The SMILES string of the molecule is CN(C)c1nc(CN2CCCC2Cn2ncccc2=O)ns1. The van der Waals surface area contributed by atoms with E-state index < -0.39 is 0 Å². The molecule has 7 nitrogen and oxygen atoms in total. The molecule has 1 atom stereocenters. The van der Waals surface area contributed by atoms with Gasteiger partial charge in [-0.1, -0.05) is 0 Å². The molecule has 0 spiro atoms. The van der Waals surface area contributed by atoms with Gasteiger partial charge in [0, 0.05) is 43.9 Å². The average molecular weight is 320 g/mol. The van der Waals surface area contributed by atoms with E-state index in [-0.39, 0.29) is 5.56 Å². The van der Waals surface area contributed by atoms with Gasteiger partial charge in [-0.25, -0.2) is 9.67 Å². The number of nitrogens with zero attached hydrogens (tertiary/aromatic N) is 6. The van der Waals surface area contributed by atoms with Crippen molar-refractivity contribution in [1.29, 1.82) is 0 Å². The van der Waals surface area contributed by atoms with Crippen molar-refractivity contribution < 1.29 is 0 Å². The van der Waals surface area contributed by atoms with Crippen molar-refractivity contribution in [1.82, 2.24) is 24.0 Å². The number of hydrogen-bond donors (Lipinski definition) is 0. The summed E-state index contributed by atoms with van der Waals surface area (Å²) in [6.07, 6.45) is 3.87. The van der Waals surface area contributed by atoms with Crippen molar-refractivity contribution in [3.05, 3.63) is 34.5 Å². The summed E-state index contributed by atoms with van der Waals surface area (Å²) in [5, 5.41) is 5.08. The number of hydrogen-bond acceptors (Lipinski definition) is 7. The van der Waals surface area contributed by atoms with Crippen molar-refractivity contribution in [2.24, 2.45) is 0 Å². The summed E-state index contributed by atoms with van der Waals surface area (Å²) in [5.41, 5.74) is -0.0453. The summed E-state index contributed by atoms with van der Waals surface area (Å²) in [5.74, 6) is 0.856. The monoisotopic (exact) mass is 320 g/mol. The normalized spacial score (nSPS) is 18.7. The molecular formula is C14H20N6OS. The maximum Gasteiger partial charge on any atom is 0.266 e. The maximum atomic E-state index is 11.8. The summed E-state index contributed by atoms with van der Waals surface area (Å²) >= 11 is 1.42. The molecule has 8 heteroatoms. The smallest absolute Gasteiger partial charge is 0.266 e. The molecule has 0 amide bonds. The number of likely N-dealkylation sites (tertiary alicyclic amines) is 1. The van der Waals surface area contributed by atoms with E-state index in [0.29, 0.717) is 12.6 Å². The largest absolute Gasteiger partial charge is 0.353 e. The van der Waals surface area contributed by atoms with Gasteiger partial charge >= 0.3 is 0 Å². The highest BCUT2D eigenvalue weighted by Crippen LogP contribution is 2.22. The lowest BCUT2D eigenvalue weighted by molar-refractivity contribution is 0.212. The van der Waals surface area contributed by atoms with Crippen LogP contribution in [0.15, 0.2) is 23.1 Å². The van der Waals surface area contributed by atoms with Gasteiger partial charge in [-0.3, -0.25) is 9.69 Å². The lowest BCUT2D eigenvalue weighted by Gasteiger charge is -2.23. The molecule has 1 aliphatic rings. The van der Waals surface area contributed by atoms with E-state index in [2.05, 4.69) is 19.4 Å². The second-order valence-electron chi connectivity index (χ2n) is 5.70. The molecule has 1 unspecified atom stereocenters. The first-order valence-corrected chi connectivity index (χ1v) is 8.17. The van der Waals surface area contributed by atoms with Gasteiger partial charge in [-0.05, 0) is 25.5 Å². The fourth-order valence-corrected chi connectivity index (χ4v) is 3.30. The molecule has 1 aliphatic heterocycles. The minimum atomic E-state index is -0.0453. The molecule has 118 valence electrons. The minimum Gasteiger partial charge on any atom is -0.353 e. The van der Waals surface area contributed by atoms with Crippen LogP contribution >= 0.6 is 11.5 Å². The third-order valence-corrected chi connectivity index (χ3v) is 4.77. The first-order valence-electron chi connectivity index (χ1n) is 7.39. The lowest BCUT2D eigenvalue weighted by atomic mass is 10.2. The Morgan fingerprint density at radius 3 is 3.05 bits per heavy atom. The van der Waals surface area contributed by atoms with Crippen molar-refractivity contribution >= 4 is 16.7 Å². The Balaban J connectivity index is 1.68. The van der Waals surface area contributed by atoms with E-state index in [1.807, 2.05) is 19.0 Å². The van der Waals surface area contributed by atoms with Crippen LogP contribution in [0.1, 0.15) is 18.7 Å². The van der Waals surface area contributed by atoms with Crippen molar-refractivity contribution in [3.8, 4) is 0 Å². The molecule has 3 heterocycles. The fraction of sp³-hybridized carbons (Fsp3) is 0.571. The van der Waals surface area contributed by atoms with Gasteiger partial charge in [0.2, 0.25) is 5.13 Å². The molecule has 0 saturated carbocycles. The molecule has 0 radical (unpaired) electrons. The molecule has 0 aliphatic carbocycles. The number of aromatic nitrogens is 4. The molecule has 2 aromatic heterocycles. The second kappa shape index (κ2) is 6.53. The van der Waals surface area contributed by atoms with Crippen molar-refractivity contribution in [2.75, 3.05) is 25.5 Å². The van der Waals surface area contributed by atoms with E-state index in [0.717, 1.165) is 36.9 Å². The van der Waals surface area contributed by atoms with E-state index >= 15 is 0 Å². The van der Waals surface area contributed by atoms with Gasteiger partial charge in [0.25, 0.3) is 5.56 Å². The number of rotatable bonds is 5. The molecular weight excluding hydrogens is 300 g/mol. The topological polar surface area (TPSA) is 67.2 Å². The summed E-state index contributed by atoms with van der Waals surface area (Å²) < 4.78 is 5.97. The Bertz CT molecular complexity index is 682. The summed E-state index contributed by atoms with van der Waals surface area (Å²) in [6.45, 7) is 2.38. The third-order valence-electron chi connectivity index (χ3n) is 3.85. The maximum absolute atomic E-state index is 11.8. The highest BCUT2D eigenvalue weighted by molar-refractivity contribution is 7.09. The van der Waals surface area contributed by atoms with Gasteiger partial charge < -0.3 is 4.90 Å². The summed E-state index contributed by atoms with van der Waals surface area (Å²) in [7, 11) is 3.94. The highest BCUT2D eigenvalue weighted by Gasteiger charge is 2.26. The van der Waals surface area contributed by atoms with Crippen LogP contribution in [0.25, 0.3) is 0 Å². The zero-order valence-electron chi connectivity index (χ0n) is 12.8. The first-order chi connectivity index (χ1) is 10.6. The molecule has 2 aromatic rings. The van der Waals surface area contributed by atoms with Gasteiger partial charge in [0.05, 0.1) is 13.1 Å². The van der Waals surface area contributed by atoms with Crippen molar-refractivity contribution in [3.63, 3.8) is 0 Å². The average Bonchev–Trinajstić information content (AvgIpc) is 3.12. The van der Waals surface area contributed by atoms with Crippen LogP contribution < -0.4 is 10.5 Å². The van der Waals surface area contributed by atoms with Gasteiger partial charge in [-0.2, -0.15) is 9.47 Å². The third kappa shape index (κ3) is 3.33. The highest BCUT2D eigenvalue weighted by atomic mass is 32.1. The van der Waals surface area contributed by atoms with Gasteiger partial charge in [-0.15, -0.1) is 0 Å². The second-order valence-corrected chi connectivity index (χ2v) is 6.43. The van der Waals surface area contributed by atoms with Crippen LogP contribution in [0.2, 0.25) is 0 Å².